The van der Waals surface area contributed by atoms with E-state index in [1.807, 2.05) is 31.3 Å². The van der Waals surface area contributed by atoms with E-state index in [1.165, 1.54) is 6.07 Å². The van der Waals surface area contributed by atoms with E-state index in [1.54, 1.807) is 17.5 Å². The fourth-order valence-electron chi connectivity index (χ4n) is 3.48. The summed E-state index contributed by atoms with van der Waals surface area (Å²) in [6.45, 7) is 11.9. The van der Waals surface area contributed by atoms with Crippen molar-refractivity contribution in [1.29, 1.82) is 0 Å². The van der Waals surface area contributed by atoms with Crippen LogP contribution in [0.25, 0.3) is 5.65 Å². The highest BCUT2D eigenvalue weighted by Gasteiger charge is 2.21. The molecule has 1 N–H and O–H groups in total. The van der Waals surface area contributed by atoms with Crippen LogP contribution in [0.3, 0.4) is 0 Å². The number of fused-ring (bicyclic) bond motifs is 1. The summed E-state index contributed by atoms with van der Waals surface area (Å²) in [6.07, 6.45) is 5.51. The summed E-state index contributed by atoms with van der Waals surface area (Å²) >= 11 is 0. The molecule has 2 aromatic rings. The van der Waals surface area contributed by atoms with E-state index in [0.29, 0.717) is 29.1 Å². The lowest BCUT2D eigenvalue weighted by molar-refractivity contribution is 0.407. The Morgan fingerprint density at radius 3 is 2.67 bits per heavy atom. The maximum absolute atomic E-state index is 12.7. The minimum Gasteiger partial charge on any atom is -0.367 e. The summed E-state index contributed by atoms with van der Waals surface area (Å²) in [4.78, 5) is 23.9. The average molecular weight is 365 g/mol. The van der Waals surface area contributed by atoms with Crippen LogP contribution in [-0.4, -0.2) is 47.3 Å². The summed E-state index contributed by atoms with van der Waals surface area (Å²) in [7, 11) is 1.70. The first-order valence-electron chi connectivity index (χ1n) is 9.23. The monoisotopic (exact) mass is 365 g/mol. The van der Waals surface area contributed by atoms with E-state index >= 15 is 0 Å². The molecule has 2 aromatic heterocycles. The van der Waals surface area contributed by atoms with Gasteiger partial charge < -0.3 is 10.2 Å². The average Bonchev–Trinajstić information content (AvgIpc) is 2.64. The predicted octanol–water partition coefficient (Wildman–Crippen LogP) is 2.43. The van der Waals surface area contributed by atoms with Crippen LogP contribution >= 0.6 is 0 Å². The summed E-state index contributed by atoms with van der Waals surface area (Å²) in [5.74, 6) is 0. The normalized spacial score (nSPS) is 21.6. The van der Waals surface area contributed by atoms with Gasteiger partial charge in [-0.15, -0.1) is 0 Å². The van der Waals surface area contributed by atoms with Gasteiger partial charge in [-0.05, 0) is 44.6 Å². The minimum absolute atomic E-state index is 0.112. The lowest BCUT2D eigenvalue weighted by atomic mass is 10.1. The van der Waals surface area contributed by atoms with E-state index < -0.39 is 0 Å². The third kappa shape index (κ3) is 4.17. The fourth-order valence-corrected chi connectivity index (χ4v) is 3.48. The first kappa shape index (κ1) is 19.0. The molecule has 6 nitrogen and oxygen atoms in total. The number of rotatable bonds is 4. The molecular formula is C21H27N5O. The number of aromatic nitrogens is 2. The van der Waals surface area contributed by atoms with Crippen molar-refractivity contribution in [3.05, 3.63) is 64.7 Å². The van der Waals surface area contributed by atoms with Gasteiger partial charge in [-0.1, -0.05) is 12.7 Å². The van der Waals surface area contributed by atoms with Gasteiger partial charge >= 0.3 is 0 Å². The van der Waals surface area contributed by atoms with Crippen molar-refractivity contribution in [3.63, 3.8) is 0 Å². The molecule has 0 aliphatic carbocycles. The molecule has 0 spiro atoms. The molecule has 27 heavy (non-hydrogen) atoms. The maximum atomic E-state index is 12.7. The number of hydrogen-bond acceptors (Lipinski definition) is 5. The molecule has 0 aromatic carbocycles. The van der Waals surface area contributed by atoms with Crippen molar-refractivity contribution in [2.24, 2.45) is 4.99 Å². The molecule has 1 unspecified atom stereocenters. The molecule has 1 saturated heterocycles. The summed E-state index contributed by atoms with van der Waals surface area (Å²) < 4.78 is 1.60. The Kier molecular flexibility index (Phi) is 5.56. The second kappa shape index (κ2) is 7.88. The van der Waals surface area contributed by atoms with Gasteiger partial charge in [0, 0.05) is 44.5 Å². The van der Waals surface area contributed by atoms with E-state index in [0.717, 1.165) is 24.4 Å². The molecule has 1 fully saturated rings. The quantitative estimate of drug-likeness (QED) is 0.668. The van der Waals surface area contributed by atoms with Crippen molar-refractivity contribution >= 4 is 17.0 Å². The Labute approximate surface area is 160 Å². The number of aliphatic imine (C=N–C) groups is 1. The van der Waals surface area contributed by atoms with Gasteiger partial charge in [-0.3, -0.25) is 14.2 Å². The Bertz CT molecular complexity index is 962. The number of anilines is 1. The summed E-state index contributed by atoms with van der Waals surface area (Å²) in [5, 5.41) is 3.53. The zero-order chi connectivity index (χ0) is 19.6. The van der Waals surface area contributed by atoms with Crippen LogP contribution in [0.4, 0.5) is 5.69 Å². The van der Waals surface area contributed by atoms with Gasteiger partial charge in [0.25, 0.3) is 5.56 Å². The topological polar surface area (TPSA) is 62.0 Å². The molecule has 0 bridgehead atoms. The lowest BCUT2D eigenvalue weighted by Crippen LogP contribution is -2.54. The third-order valence-electron chi connectivity index (χ3n) is 4.76. The van der Waals surface area contributed by atoms with Gasteiger partial charge in [0.15, 0.2) is 0 Å². The first-order chi connectivity index (χ1) is 12.9. The summed E-state index contributed by atoms with van der Waals surface area (Å²) in [5.41, 5.74) is 3.74. The smallest absolute Gasteiger partial charge is 0.258 e. The lowest BCUT2D eigenvalue weighted by Gasteiger charge is -2.37. The Balaban J connectivity index is 2.01. The predicted molar refractivity (Wildman–Crippen MR) is 112 cm³/mol. The number of allylic oxidation sites excluding steroid dienone is 3. The van der Waals surface area contributed by atoms with Crippen molar-refractivity contribution in [1.82, 2.24) is 14.7 Å². The molecule has 2 atom stereocenters. The SMILES string of the molecule is C=C/C(C)=C/C(=N\C)c1cc(=O)n2cc(N3CC(C)N[C@@H](C)C3)ccc2n1. The minimum atomic E-state index is -0.112. The Morgan fingerprint density at radius 2 is 2.04 bits per heavy atom. The molecule has 142 valence electrons. The molecule has 0 saturated carbocycles. The highest BCUT2D eigenvalue weighted by Crippen LogP contribution is 2.18. The van der Waals surface area contributed by atoms with E-state index in [4.69, 9.17) is 0 Å². The van der Waals surface area contributed by atoms with Crippen molar-refractivity contribution < 1.29 is 0 Å². The van der Waals surface area contributed by atoms with Crippen molar-refractivity contribution in [2.75, 3.05) is 25.0 Å². The van der Waals surface area contributed by atoms with Crippen LogP contribution in [0.2, 0.25) is 0 Å². The molecule has 0 radical (unpaired) electrons. The second-order valence-electron chi connectivity index (χ2n) is 7.17. The summed E-state index contributed by atoms with van der Waals surface area (Å²) in [6, 6.07) is 6.28. The Morgan fingerprint density at radius 1 is 1.33 bits per heavy atom. The van der Waals surface area contributed by atoms with E-state index in [9.17, 15) is 4.79 Å². The number of pyridine rings is 1. The van der Waals surface area contributed by atoms with Crippen LogP contribution < -0.4 is 15.8 Å². The van der Waals surface area contributed by atoms with Crippen molar-refractivity contribution in [2.45, 2.75) is 32.9 Å². The van der Waals surface area contributed by atoms with Crippen LogP contribution in [0.1, 0.15) is 26.5 Å². The van der Waals surface area contributed by atoms with Gasteiger partial charge in [0.2, 0.25) is 0 Å². The van der Waals surface area contributed by atoms with Crippen LogP contribution in [-0.2, 0) is 0 Å². The number of hydrogen-bond donors (Lipinski definition) is 1. The second-order valence-corrected chi connectivity index (χ2v) is 7.17. The highest BCUT2D eigenvalue weighted by molar-refractivity contribution is 6.08. The molecule has 6 heteroatoms. The molecular weight excluding hydrogens is 338 g/mol. The van der Waals surface area contributed by atoms with Gasteiger partial charge in [-0.25, -0.2) is 4.98 Å². The third-order valence-corrected chi connectivity index (χ3v) is 4.76. The molecule has 1 aliphatic rings. The Hall–Kier alpha value is -2.73. The van der Waals surface area contributed by atoms with Crippen molar-refractivity contribution in [3.8, 4) is 0 Å². The van der Waals surface area contributed by atoms with Crippen LogP contribution in [0.5, 0.6) is 0 Å². The van der Waals surface area contributed by atoms with E-state index in [2.05, 4.69) is 40.6 Å². The molecule has 3 heterocycles. The molecule has 3 rings (SSSR count). The largest absolute Gasteiger partial charge is 0.367 e. The van der Waals surface area contributed by atoms with Gasteiger partial charge in [0.1, 0.15) is 5.65 Å². The fraction of sp³-hybridized carbons (Fsp3) is 0.381. The molecule has 1 aliphatic heterocycles. The maximum Gasteiger partial charge on any atom is 0.258 e. The first-order valence-corrected chi connectivity index (χ1v) is 9.23. The zero-order valence-electron chi connectivity index (χ0n) is 16.4. The zero-order valence-corrected chi connectivity index (χ0v) is 16.4. The van der Waals surface area contributed by atoms with Crippen LogP contribution in [0, 0.1) is 0 Å². The van der Waals surface area contributed by atoms with Gasteiger partial charge in [-0.2, -0.15) is 0 Å². The van der Waals surface area contributed by atoms with Gasteiger partial charge in [0.05, 0.1) is 17.1 Å². The highest BCUT2D eigenvalue weighted by atomic mass is 16.1. The number of piperazine rings is 1. The number of nitrogens with one attached hydrogen (secondary N) is 1. The number of nitrogens with zero attached hydrogens (tertiary/aromatic N) is 4. The van der Waals surface area contributed by atoms with E-state index in [-0.39, 0.29) is 5.56 Å². The molecule has 0 amide bonds. The standard InChI is InChI=1S/C21H27N5O/c1-6-14(2)9-18(22-5)19-10-21(27)26-13-17(7-8-20(26)24-19)25-11-15(3)23-16(4)12-25/h6-10,13,15-16,23H,1,11-12H2,2-5H3/b14-9+,22-18+/t15-,16?/m0/s1. The van der Waals surface area contributed by atoms with Crippen LogP contribution in [0.15, 0.2) is 58.5 Å².